The first kappa shape index (κ1) is 18.8. The van der Waals surface area contributed by atoms with Crippen molar-refractivity contribution in [2.45, 2.75) is 13.8 Å². The molecule has 0 radical (unpaired) electrons. The Kier molecular flexibility index (Phi) is 7.12. The second-order valence-corrected chi connectivity index (χ2v) is 7.16. The van der Waals surface area contributed by atoms with Gasteiger partial charge in [0.05, 0.1) is 11.0 Å². The Morgan fingerprint density at radius 3 is 2.42 bits per heavy atom. The molecule has 2 aromatic rings. The smallest absolute Gasteiger partial charge is 0.258 e. The lowest BCUT2D eigenvalue weighted by molar-refractivity contribution is -0.123. The van der Waals surface area contributed by atoms with Crippen LogP contribution in [0.15, 0.2) is 45.3 Å². The van der Waals surface area contributed by atoms with E-state index in [9.17, 15) is 4.79 Å². The van der Waals surface area contributed by atoms with Gasteiger partial charge in [0.15, 0.2) is 6.61 Å². The van der Waals surface area contributed by atoms with E-state index in [1.165, 1.54) is 0 Å². The predicted octanol–water partition coefficient (Wildman–Crippen LogP) is 4.40. The molecule has 6 heteroatoms. The van der Waals surface area contributed by atoms with E-state index < -0.39 is 0 Å². The van der Waals surface area contributed by atoms with E-state index in [4.69, 9.17) is 9.47 Å². The van der Waals surface area contributed by atoms with Gasteiger partial charge >= 0.3 is 0 Å². The summed E-state index contributed by atoms with van der Waals surface area (Å²) in [7, 11) is 0. The van der Waals surface area contributed by atoms with Crippen LogP contribution in [-0.2, 0) is 4.79 Å². The van der Waals surface area contributed by atoms with Crippen molar-refractivity contribution < 1.29 is 14.3 Å². The average molecular weight is 457 g/mol. The van der Waals surface area contributed by atoms with E-state index >= 15 is 0 Å². The number of carbonyl (C=O) groups is 1. The summed E-state index contributed by atoms with van der Waals surface area (Å²) >= 11 is 6.76. The van der Waals surface area contributed by atoms with Gasteiger partial charge in [-0.1, -0.05) is 22.0 Å². The summed E-state index contributed by atoms with van der Waals surface area (Å²) < 4.78 is 12.9. The molecule has 1 N–H and O–H groups in total. The average Bonchev–Trinajstić information content (AvgIpc) is 2.50. The number of ether oxygens (including phenoxy) is 2. The molecule has 0 aliphatic heterocycles. The topological polar surface area (TPSA) is 47.6 Å². The van der Waals surface area contributed by atoms with Crippen molar-refractivity contribution >= 4 is 37.8 Å². The molecule has 0 heterocycles. The number of aryl methyl sites for hydroxylation is 2. The lowest BCUT2D eigenvalue weighted by atomic mass is 10.1. The van der Waals surface area contributed by atoms with Crippen LogP contribution in [0.3, 0.4) is 0 Å². The van der Waals surface area contributed by atoms with Crippen LogP contribution in [-0.4, -0.2) is 25.7 Å². The number of hydrogen-bond donors (Lipinski definition) is 1. The highest BCUT2D eigenvalue weighted by molar-refractivity contribution is 9.11. The van der Waals surface area contributed by atoms with Crippen LogP contribution >= 0.6 is 31.9 Å². The Bertz CT molecular complexity index is 699. The van der Waals surface area contributed by atoms with Crippen LogP contribution < -0.4 is 14.8 Å². The molecule has 1 amide bonds. The lowest BCUT2D eigenvalue weighted by Gasteiger charge is -2.11. The summed E-state index contributed by atoms with van der Waals surface area (Å²) in [6.45, 7) is 4.86. The lowest BCUT2D eigenvalue weighted by Crippen LogP contribution is -2.32. The van der Waals surface area contributed by atoms with Gasteiger partial charge in [-0.2, -0.15) is 0 Å². The van der Waals surface area contributed by atoms with Crippen LogP contribution in [0.5, 0.6) is 11.5 Å². The van der Waals surface area contributed by atoms with Crippen LogP contribution in [0.25, 0.3) is 0 Å². The fourth-order valence-electron chi connectivity index (χ4n) is 2.16. The highest BCUT2D eigenvalue weighted by Gasteiger charge is 2.06. The molecule has 24 heavy (non-hydrogen) atoms. The Hall–Kier alpha value is -1.53. The Balaban J connectivity index is 1.69. The zero-order valence-electron chi connectivity index (χ0n) is 13.6. The van der Waals surface area contributed by atoms with Crippen molar-refractivity contribution in [2.75, 3.05) is 19.8 Å². The normalized spacial score (nSPS) is 10.3. The van der Waals surface area contributed by atoms with Crippen molar-refractivity contribution in [3.8, 4) is 11.5 Å². The molecule has 4 nitrogen and oxygen atoms in total. The molecular weight excluding hydrogens is 438 g/mol. The second-order valence-electron chi connectivity index (χ2n) is 5.39. The second kappa shape index (κ2) is 9.08. The molecule has 0 aliphatic rings. The molecule has 0 saturated heterocycles. The fraction of sp³-hybridized carbons (Fsp3) is 0.278. The molecule has 0 unspecified atom stereocenters. The van der Waals surface area contributed by atoms with E-state index in [0.717, 1.165) is 25.8 Å². The molecule has 0 aromatic heterocycles. The van der Waals surface area contributed by atoms with Crippen molar-refractivity contribution in [3.63, 3.8) is 0 Å². The SMILES string of the molecule is Cc1cc(C)cc(OCCNC(=O)COc2ccc(Br)cc2Br)c1. The first-order valence-corrected chi connectivity index (χ1v) is 9.08. The molecule has 0 aliphatic carbocycles. The zero-order chi connectivity index (χ0) is 17.5. The Morgan fingerprint density at radius 1 is 1.04 bits per heavy atom. The first-order valence-electron chi connectivity index (χ1n) is 7.49. The predicted molar refractivity (Wildman–Crippen MR) is 102 cm³/mol. The van der Waals surface area contributed by atoms with Gasteiger partial charge in [-0.05, 0) is 71.2 Å². The molecule has 128 valence electrons. The third-order valence-corrected chi connectivity index (χ3v) is 4.25. The number of halogens is 2. The molecule has 0 atom stereocenters. The molecule has 2 aromatic carbocycles. The molecule has 0 fully saturated rings. The Morgan fingerprint density at radius 2 is 1.75 bits per heavy atom. The quantitative estimate of drug-likeness (QED) is 0.628. The van der Waals surface area contributed by atoms with Gasteiger partial charge in [-0.15, -0.1) is 0 Å². The minimum atomic E-state index is -0.186. The van der Waals surface area contributed by atoms with Crippen molar-refractivity contribution in [1.82, 2.24) is 5.32 Å². The maximum absolute atomic E-state index is 11.8. The highest BCUT2D eigenvalue weighted by Crippen LogP contribution is 2.28. The highest BCUT2D eigenvalue weighted by atomic mass is 79.9. The van der Waals surface area contributed by atoms with Crippen LogP contribution in [0.4, 0.5) is 0 Å². The van der Waals surface area contributed by atoms with Crippen molar-refractivity contribution in [1.29, 1.82) is 0 Å². The van der Waals surface area contributed by atoms with Gasteiger partial charge in [0.1, 0.15) is 18.1 Å². The number of amides is 1. The summed E-state index contributed by atoms with van der Waals surface area (Å²) in [6, 6.07) is 11.6. The van der Waals surface area contributed by atoms with Gasteiger partial charge in [0.2, 0.25) is 0 Å². The number of benzene rings is 2. The largest absolute Gasteiger partial charge is 0.492 e. The number of hydrogen-bond acceptors (Lipinski definition) is 3. The first-order chi connectivity index (χ1) is 11.4. The maximum Gasteiger partial charge on any atom is 0.258 e. The molecule has 0 saturated carbocycles. The number of nitrogens with one attached hydrogen (secondary N) is 1. The molecule has 0 spiro atoms. The van der Waals surface area contributed by atoms with Crippen LogP contribution in [0.2, 0.25) is 0 Å². The maximum atomic E-state index is 11.8. The van der Waals surface area contributed by atoms with Gasteiger partial charge < -0.3 is 14.8 Å². The van der Waals surface area contributed by atoms with E-state index in [-0.39, 0.29) is 12.5 Å². The van der Waals surface area contributed by atoms with Crippen LogP contribution in [0, 0.1) is 13.8 Å². The minimum absolute atomic E-state index is 0.0379. The third-order valence-electron chi connectivity index (χ3n) is 3.14. The van der Waals surface area contributed by atoms with Crippen molar-refractivity contribution in [3.05, 3.63) is 56.5 Å². The molecule has 2 rings (SSSR count). The van der Waals surface area contributed by atoms with Crippen molar-refractivity contribution in [2.24, 2.45) is 0 Å². The monoisotopic (exact) mass is 455 g/mol. The van der Waals surface area contributed by atoms with E-state index in [0.29, 0.717) is 18.9 Å². The molecular formula is C18H19Br2NO3. The van der Waals surface area contributed by atoms with E-state index in [2.05, 4.69) is 43.2 Å². The summed E-state index contributed by atoms with van der Waals surface area (Å²) in [6.07, 6.45) is 0. The van der Waals surface area contributed by atoms with Gasteiger partial charge in [-0.25, -0.2) is 0 Å². The van der Waals surface area contributed by atoms with Gasteiger partial charge in [-0.3, -0.25) is 4.79 Å². The zero-order valence-corrected chi connectivity index (χ0v) is 16.7. The van der Waals surface area contributed by atoms with E-state index in [1.807, 2.05) is 38.1 Å². The minimum Gasteiger partial charge on any atom is -0.492 e. The standard InChI is InChI=1S/C18H19Br2NO3/c1-12-7-13(2)9-15(8-12)23-6-5-21-18(22)11-24-17-4-3-14(19)10-16(17)20/h3-4,7-10H,5-6,11H2,1-2H3,(H,21,22). The Labute approximate surface area is 158 Å². The summed E-state index contributed by atoms with van der Waals surface area (Å²) in [5.41, 5.74) is 2.31. The van der Waals surface area contributed by atoms with Crippen LogP contribution in [0.1, 0.15) is 11.1 Å². The summed E-state index contributed by atoms with van der Waals surface area (Å²) in [5, 5.41) is 2.77. The van der Waals surface area contributed by atoms with Gasteiger partial charge in [0, 0.05) is 4.47 Å². The van der Waals surface area contributed by atoms with Gasteiger partial charge in [0.25, 0.3) is 5.91 Å². The number of rotatable bonds is 7. The fourth-order valence-corrected chi connectivity index (χ4v) is 3.32. The number of carbonyl (C=O) groups excluding carboxylic acids is 1. The van der Waals surface area contributed by atoms with E-state index in [1.54, 1.807) is 6.07 Å². The third kappa shape index (κ3) is 6.17. The summed E-state index contributed by atoms with van der Waals surface area (Å²) in [4.78, 5) is 11.8. The molecule has 0 bridgehead atoms. The summed E-state index contributed by atoms with van der Waals surface area (Å²) in [5.74, 6) is 1.26.